The van der Waals surface area contributed by atoms with Gasteiger partial charge in [-0.3, -0.25) is 7.05 Å². The Labute approximate surface area is 181 Å². The number of ether oxygens (including phenoxy) is 2. The number of nitrogens with zero attached hydrogens (tertiary/aromatic N) is 3. The van der Waals surface area contributed by atoms with Crippen molar-refractivity contribution < 1.29 is 55.4 Å². The minimum Gasteiger partial charge on any atom is -0.535 e. The summed E-state index contributed by atoms with van der Waals surface area (Å²) in [5.74, 6) is 0.858. The third-order valence-electron chi connectivity index (χ3n) is 3.35. The standard InChI is InChI=1S/C17H19F3N4O2.Y/c1-4-24(2)15-11-14(22-16(23-15)25-3)21-10-9-12-5-7-13(8-6-12)26-17(18,19)20;/h5-8,11H,1-2,4,9-10H2,3H3,(H,21,22,23);/q-2;. The SMILES string of the molecule is [CH2-]CN([CH2-])c1cc(NCCc2ccc(OC(F)(F)F)cc2)nc(OC)n1.[Y]. The molecule has 27 heavy (non-hydrogen) atoms. The maximum absolute atomic E-state index is 12.1. The van der Waals surface area contributed by atoms with Crippen molar-refractivity contribution in [3.8, 4) is 11.8 Å². The van der Waals surface area contributed by atoms with Gasteiger partial charge in [0, 0.05) is 45.3 Å². The number of anilines is 2. The Balaban J connectivity index is 0.00000364. The van der Waals surface area contributed by atoms with Crippen LogP contribution in [0.3, 0.4) is 0 Å². The molecule has 0 aliphatic heterocycles. The van der Waals surface area contributed by atoms with Crippen LogP contribution in [0.15, 0.2) is 30.3 Å². The molecule has 0 atom stereocenters. The average molecular weight is 457 g/mol. The van der Waals surface area contributed by atoms with Gasteiger partial charge >= 0.3 is 12.4 Å². The summed E-state index contributed by atoms with van der Waals surface area (Å²) in [7, 11) is 5.27. The van der Waals surface area contributed by atoms with Gasteiger partial charge in [0.2, 0.25) is 0 Å². The number of methoxy groups -OCH3 is 1. The second-order valence-corrected chi connectivity index (χ2v) is 5.23. The molecule has 10 heteroatoms. The van der Waals surface area contributed by atoms with E-state index in [2.05, 4.69) is 34.0 Å². The molecule has 0 aliphatic carbocycles. The number of alkyl halides is 3. The quantitative estimate of drug-likeness (QED) is 0.613. The second kappa shape index (κ2) is 10.7. The topological polar surface area (TPSA) is 59.5 Å². The molecule has 1 aromatic heterocycles. The zero-order valence-electron chi connectivity index (χ0n) is 14.8. The number of hydrogen-bond acceptors (Lipinski definition) is 6. The van der Waals surface area contributed by atoms with Gasteiger partial charge in [-0.05, 0) is 24.1 Å². The molecule has 0 spiro atoms. The van der Waals surface area contributed by atoms with E-state index in [9.17, 15) is 13.2 Å². The second-order valence-electron chi connectivity index (χ2n) is 5.23. The molecule has 1 aromatic carbocycles. The Morgan fingerprint density at radius 3 is 2.41 bits per heavy atom. The van der Waals surface area contributed by atoms with Crippen molar-refractivity contribution in [2.45, 2.75) is 12.8 Å². The van der Waals surface area contributed by atoms with E-state index in [0.717, 1.165) is 5.56 Å². The molecular weight excluding hydrogens is 438 g/mol. The predicted molar refractivity (Wildman–Crippen MR) is 92.0 cm³/mol. The van der Waals surface area contributed by atoms with E-state index < -0.39 is 6.36 Å². The van der Waals surface area contributed by atoms with Crippen molar-refractivity contribution >= 4 is 11.6 Å². The Bertz CT molecular complexity index is 714. The first-order valence-corrected chi connectivity index (χ1v) is 7.69. The largest absolute Gasteiger partial charge is 0.573 e. The molecule has 0 saturated carbocycles. The van der Waals surface area contributed by atoms with E-state index in [4.69, 9.17) is 4.74 Å². The molecule has 1 heterocycles. The van der Waals surface area contributed by atoms with Crippen LogP contribution in [-0.2, 0) is 39.1 Å². The van der Waals surface area contributed by atoms with Crippen LogP contribution in [0.2, 0.25) is 0 Å². The molecule has 0 bridgehead atoms. The van der Waals surface area contributed by atoms with Gasteiger partial charge in [-0.15, -0.1) is 19.7 Å². The van der Waals surface area contributed by atoms with Gasteiger partial charge in [0.05, 0.1) is 7.11 Å². The zero-order valence-corrected chi connectivity index (χ0v) is 17.6. The molecule has 145 valence electrons. The van der Waals surface area contributed by atoms with Crippen molar-refractivity contribution in [2.75, 3.05) is 30.4 Å². The molecule has 0 aliphatic rings. The normalized spacial score (nSPS) is 10.7. The van der Waals surface area contributed by atoms with Crippen LogP contribution in [0.4, 0.5) is 24.8 Å². The fraction of sp³-hybridized carbons (Fsp3) is 0.294. The summed E-state index contributed by atoms with van der Waals surface area (Å²) >= 11 is 0. The summed E-state index contributed by atoms with van der Waals surface area (Å²) < 4.78 is 45.3. The molecule has 0 saturated heterocycles. The van der Waals surface area contributed by atoms with Gasteiger partial charge in [0.15, 0.2) is 0 Å². The number of halogens is 3. The third-order valence-corrected chi connectivity index (χ3v) is 3.35. The molecule has 0 unspecified atom stereocenters. The van der Waals surface area contributed by atoms with Crippen LogP contribution in [0, 0.1) is 14.0 Å². The van der Waals surface area contributed by atoms with Crippen molar-refractivity contribution in [3.05, 3.63) is 49.9 Å². The van der Waals surface area contributed by atoms with Crippen LogP contribution in [0.1, 0.15) is 5.56 Å². The first kappa shape index (κ1) is 23.4. The summed E-state index contributed by atoms with van der Waals surface area (Å²) in [5.41, 5.74) is 0.852. The Morgan fingerprint density at radius 2 is 1.85 bits per heavy atom. The summed E-state index contributed by atoms with van der Waals surface area (Å²) in [5, 5.41) is 3.12. The average Bonchev–Trinajstić information content (AvgIpc) is 2.61. The van der Waals surface area contributed by atoms with E-state index in [0.29, 0.717) is 31.1 Å². The van der Waals surface area contributed by atoms with Crippen LogP contribution in [0.5, 0.6) is 11.8 Å². The Kier molecular flexibility index (Phi) is 9.25. The predicted octanol–water partition coefficient (Wildman–Crippen LogP) is 3.47. The monoisotopic (exact) mass is 457 g/mol. The van der Waals surface area contributed by atoms with Crippen molar-refractivity contribution in [2.24, 2.45) is 0 Å². The van der Waals surface area contributed by atoms with Crippen molar-refractivity contribution in [1.82, 2.24) is 9.97 Å². The number of aromatic nitrogens is 2. The molecule has 0 amide bonds. The Morgan fingerprint density at radius 1 is 1.19 bits per heavy atom. The Hall–Kier alpha value is -1.61. The number of nitrogens with one attached hydrogen (secondary N) is 1. The van der Waals surface area contributed by atoms with Crippen LogP contribution < -0.4 is 19.7 Å². The maximum atomic E-state index is 12.1. The van der Waals surface area contributed by atoms with Crippen LogP contribution in [-0.4, -0.2) is 36.5 Å². The molecule has 1 radical (unpaired) electrons. The van der Waals surface area contributed by atoms with Gasteiger partial charge < -0.3 is 26.6 Å². The number of hydrogen-bond donors (Lipinski definition) is 1. The maximum Gasteiger partial charge on any atom is 0.573 e. The molecule has 0 fully saturated rings. The van der Waals surface area contributed by atoms with E-state index in [-0.39, 0.29) is 44.5 Å². The minimum absolute atomic E-state index is 0. The molecule has 6 nitrogen and oxygen atoms in total. The summed E-state index contributed by atoms with van der Waals surface area (Å²) in [4.78, 5) is 9.95. The van der Waals surface area contributed by atoms with E-state index in [1.807, 2.05) is 0 Å². The fourth-order valence-corrected chi connectivity index (χ4v) is 2.06. The summed E-state index contributed by atoms with van der Waals surface area (Å²) in [6, 6.07) is 7.62. The van der Waals surface area contributed by atoms with E-state index in [1.165, 1.54) is 19.2 Å². The van der Waals surface area contributed by atoms with Gasteiger partial charge in [0.1, 0.15) is 17.4 Å². The first-order valence-electron chi connectivity index (χ1n) is 7.69. The van der Waals surface area contributed by atoms with E-state index in [1.54, 1.807) is 23.1 Å². The zero-order chi connectivity index (χ0) is 19.2. The summed E-state index contributed by atoms with van der Waals surface area (Å²) in [6.07, 6.45) is -4.11. The fourth-order valence-electron chi connectivity index (χ4n) is 2.06. The van der Waals surface area contributed by atoms with Crippen molar-refractivity contribution in [3.63, 3.8) is 0 Å². The van der Waals surface area contributed by atoms with Crippen molar-refractivity contribution in [1.29, 1.82) is 0 Å². The van der Waals surface area contributed by atoms with E-state index >= 15 is 0 Å². The third kappa shape index (κ3) is 7.88. The molecule has 2 rings (SSSR count). The minimum atomic E-state index is -4.69. The van der Waals surface area contributed by atoms with Gasteiger partial charge in [-0.1, -0.05) is 12.1 Å². The number of benzene rings is 1. The first-order chi connectivity index (χ1) is 12.3. The van der Waals surface area contributed by atoms with Crippen LogP contribution in [0.25, 0.3) is 0 Å². The van der Waals surface area contributed by atoms with Gasteiger partial charge in [0.25, 0.3) is 0 Å². The molecule has 2 aromatic rings. The smallest absolute Gasteiger partial charge is 0.535 e. The van der Waals surface area contributed by atoms with Crippen LogP contribution >= 0.6 is 0 Å². The molecular formula is C17H19F3N4O2Y-2. The number of rotatable bonds is 8. The van der Waals surface area contributed by atoms with Gasteiger partial charge in [-0.2, -0.15) is 9.97 Å². The molecule has 1 N–H and O–H groups in total. The van der Waals surface area contributed by atoms with Gasteiger partial charge in [-0.25, -0.2) is 0 Å². The summed E-state index contributed by atoms with van der Waals surface area (Å²) in [6.45, 7) is 4.68.